The zero-order valence-corrected chi connectivity index (χ0v) is 17.5. The molecule has 1 unspecified atom stereocenters. The molecule has 0 fully saturated rings. The van der Waals surface area contributed by atoms with Crippen LogP contribution < -0.4 is 0 Å². The number of aromatic amines is 2. The van der Waals surface area contributed by atoms with Crippen LogP contribution in [0.3, 0.4) is 0 Å². The number of nitrogens with zero attached hydrogens (tertiary/aromatic N) is 1. The first-order valence-electron chi connectivity index (χ1n) is 11.2. The molecule has 1 aliphatic carbocycles. The Kier molecular flexibility index (Phi) is 6.71. The van der Waals surface area contributed by atoms with E-state index in [2.05, 4.69) is 34.4 Å². The molecular weight excluding hydrogens is 358 g/mol. The molecule has 1 aliphatic heterocycles. The van der Waals surface area contributed by atoms with Crippen molar-refractivity contribution in [2.75, 3.05) is 7.11 Å². The van der Waals surface area contributed by atoms with Gasteiger partial charge in [0.05, 0.1) is 18.5 Å². The number of methoxy groups -OCH3 is 1. The lowest BCUT2D eigenvalue weighted by Gasteiger charge is -2.14. The SMILES string of the molecule is COC1=CC(c2ccc[nH]2)=NC1=CC1CCCCCCCc2cc(c[nH]2)CCC1. The summed E-state index contributed by atoms with van der Waals surface area (Å²) >= 11 is 0. The Labute approximate surface area is 174 Å². The molecule has 0 saturated heterocycles. The third kappa shape index (κ3) is 5.31. The fourth-order valence-corrected chi connectivity index (χ4v) is 4.46. The Morgan fingerprint density at radius 3 is 2.76 bits per heavy atom. The Morgan fingerprint density at radius 1 is 1.03 bits per heavy atom. The molecule has 2 aromatic heterocycles. The van der Waals surface area contributed by atoms with Crippen molar-refractivity contribution in [3.63, 3.8) is 0 Å². The number of hydrogen-bond donors (Lipinski definition) is 2. The highest BCUT2D eigenvalue weighted by molar-refractivity contribution is 6.10. The van der Waals surface area contributed by atoms with E-state index < -0.39 is 0 Å². The second-order valence-electron chi connectivity index (χ2n) is 8.34. The lowest BCUT2D eigenvalue weighted by atomic mass is 9.92. The van der Waals surface area contributed by atoms with Gasteiger partial charge in [0.25, 0.3) is 0 Å². The molecule has 1 atom stereocenters. The summed E-state index contributed by atoms with van der Waals surface area (Å²) in [4.78, 5) is 11.6. The third-order valence-corrected chi connectivity index (χ3v) is 6.11. The summed E-state index contributed by atoms with van der Waals surface area (Å²) in [5.74, 6) is 1.43. The maximum absolute atomic E-state index is 5.64. The second kappa shape index (κ2) is 9.82. The van der Waals surface area contributed by atoms with E-state index in [-0.39, 0.29) is 0 Å². The maximum atomic E-state index is 5.64. The van der Waals surface area contributed by atoms with Crippen LogP contribution in [0.4, 0.5) is 0 Å². The van der Waals surface area contributed by atoms with E-state index in [1.807, 2.05) is 18.3 Å². The Hall–Kier alpha value is -2.49. The standard InChI is InChI=1S/C25H33N3O/c1-29-25-17-23(22-13-8-14-26-22)28-24(25)16-19-9-5-3-2-4-6-12-21-15-20(18-27-21)11-7-10-19/h8,13-19,26-27H,2-7,9-12H2,1H3. The first-order valence-corrected chi connectivity index (χ1v) is 11.2. The molecule has 0 saturated carbocycles. The number of H-pyrrole nitrogens is 2. The number of fused-ring (bicyclic) bond motifs is 2. The Bertz CT molecular complexity index is 870. The summed E-state index contributed by atoms with van der Waals surface area (Å²) in [7, 11) is 1.74. The van der Waals surface area contributed by atoms with Gasteiger partial charge in [-0.15, -0.1) is 0 Å². The molecule has 4 nitrogen and oxygen atoms in total. The third-order valence-electron chi connectivity index (χ3n) is 6.11. The minimum Gasteiger partial charge on any atom is -0.494 e. The van der Waals surface area contributed by atoms with Gasteiger partial charge in [-0.25, -0.2) is 4.99 Å². The van der Waals surface area contributed by atoms with Gasteiger partial charge in [-0.2, -0.15) is 0 Å². The highest BCUT2D eigenvalue weighted by atomic mass is 16.5. The van der Waals surface area contributed by atoms with E-state index in [4.69, 9.17) is 9.73 Å². The average Bonchev–Trinajstić information content (AvgIpc) is 3.47. The Balaban J connectivity index is 1.48. The average molecular weight is 392 g/mol. The number of hydrogen-bond acceptors (Lipinski definition) is 2. The minimum atomic E-state index is 0.552. The summed E-state index contributed by atoms with van der Waals surface area (Å²) in [6.45, 7) is 0. The zero-order chi connectivity index (χ0) is 19.9. The van der Waals surface area contributed by atoms with Crippen LogP contribution >= 0.6 is 0 Å². The molecule has 0 amide bonds. The van der Waals surface area contributed by atoms with Crippen LogP contribution in [0.2, 0.25) is 0 Å². The molecular formula is C25H33N3O. The summed E-state index contributed by atoms with van der Waals surface area (Å²) < 4.78 is 5.64. The van der Waals surface area contributed by atoms with Gasteiger partial charge in [-0.05, 0) is 68.2 Å². The van der Waals surface area contributed by atoms with Crippen molar-refractivity contribution in [2.24, 2.45) is 10.9 Å². The molecule has 29 heavy (non-hydrogen) atoms. The monoisotopic (exact) mass is 391 g/mol. The fraction of sp³-hybridized carbons (Fsp3) is 0.480. The number of ether oxygens (including phenoxy) is 1. The van der Waals surface area contributed by atoms with Crippen LogP contribution in [-0.4, -0.2) is 22.8 Å². The maximum Gasteiger partial charge on any atom is 0.146 e. The van der Waals surface area contributed by atoms with Crippen molar-refractivity contribution in [1.29, 1.82) is 0 Å². The molecule has 0 aromatic carbocycles. The first-order chi connectivity index (χ1) is 14.3. The molecule has 2 aromatic rings. The quantitative estimate of drug-likeness (QED) is 0.653. The van der Waals surface area contributed by atoms with E-state index in [1.165, 1.54) is 69.0 Å². The van der Waals surface area contributed by atoms with Crippen LogP contribution in [0.15, 0.2) is 59.2 Å². The number of aliphatic imine (C=N–C) groups is 1. The van der Waals surface area contributed by atoms with E-state index in [0.29, 0.717) is 5.92 Å². The molecule has 3 heterocycles. The number of aryl methyl sites for hydroxylation is 2. The van der Waals surface area contributed by atoms with Crippen LogP contribution in [0.5, 0.6) is 0 Å². The normalized spacial score (nSPS) is 22.8. The summed E-state index contributed by atoms with van der Waals surface area (Å²) in [6.07, 6.45) is 21.2. The molecule has 2 N–H and O–H groups in total. The number of allylic oxidation sites excluding steroid dienone is 2. The van der Waals surface area contributed by atoms with Gasteiger partial charge in [-0.1, -0.05) is 31.8 Å². The van der Waals surface area contributed by atoms with Crippen molar-refractivity contribution >= 4 is 5.71 Å². The van der Waals surface area contributed by atoms with Crippen LogP contribution in [0.1, 0.15) is 68.3 Å². The van der Waals surface area contributed by atoms with Crippen molar-refractivity contribution < 1.29 is 4.74 Å². The fourth-order valence-electron chi connectivity index (χ4n) is 4.46. The predicted octanol–water partition coefficient (Wildman–Crippen LogP) is 6.10. The van der Waals surface area contributed by atoms with Gasteiger partial charge in [0.15, 0.2) is 0 Å². The van der Waals surface area contributed by atoms with Gasteiger partial charge in [-0.3, -0.25) is 0 Å². The zero-order valence-electron chi connectivity index (χ0n) is 17.5. The van der Waals surface area contributed by atoms with Gasteiger partial charge in [0, 0.05) is 24.2 Å². The first kappa shape index (κ1) is 19.8. The van der Waals surface area contributed by atoms with Crippen LogP contribution in [-0.2, 0) is 17.6 Å². The summed E-state index contributed by atoms with van der Waals surface area (Å²) in [6, 6.07) is 6.43. The topological polar surface area (TPSA) is 53.2 Å². The highest BCUT2D eigenvalue weighted by Crippen LogP contribution is 2.28. The Morgan fingerprint density at radius 2 is 1.90 bits per heavy atom. The lowest BCUT2D eigenvalue weighted by molar-refractivity contribution is 0.301. The molecule has 0 radical (unpaired) electrons. The summed E-state index contributed by atoms with van der Waals surface area (Å²) in [5, 5.41) is 0. The molecule has 154 valence electrons. The van der Waals surface area contributed by atoms with Crippen molar-refractivity contribution in [3.8, 4) is 0 Å². The largest absolute Gasteiger partial charge is 0.494 e. The van der Waals surface area contributed by atoms with Gasteiger partial charge in [0.1, 0.15) is 11.5 Å². The van der Waals surface area contributed by atoms with Crippen molar-refractivity contribution in [2.45, 2.75) is 64.2 Å². The smallest absolute Gasteiger partial charge is 0.146 e. The summed E-state index contributed by atoms with van der Waals surface area (Å²) in [5.41, 5.74) is 5.85. The van der Waals surface area contributed by atoms with Gasteiger partial charge >= 0.3 is 0 Å². The van der Waals surface area contributed by atoms with E-state index >= 15 is 0 Å². The molecule has 0 spiro atoms. The minimum absolute atomic E-state index is 0.552. The predicted molar refractivity (Wildman–Crippen MR) is 119 cm³/mol. The molecule has 4 rings (SSSR count). The molecule has 2 aliphatic rings. The number of rotatable bonds is 3. The lowest BCUT2D eigenvalue weighted by Crippen LogP contribution is -2.01. The molecule has 2 bridgehead atoms. The number of nitrogens with one attached hydrogen (secondary N) is 2. The number of aromatic nitrogens is 2. The van der Waals surface area contributed by atoms with Crippen LogP contribution in [0, 0.1) is 5.92 Å². The van der Waals surface area contributed by atoms with Gasteiger partial charge in [0.2, 0.25) is 0 Å². The van der Waals surface area contributed by atoms with E-state index in [1.54, 1.807) is 7.11 Å². The van der Waals surface area contributed by atoms with E-state index in [0.717, 1.165) is 29.3 Å². The highest BCUT2D eigenvalue weighted by Gasteiger charge is 2.19. The van der Waals surface area contributed by atoms with Crippen molar-refractivity contribution in [3.05, 3.63) is 71.2 Å². The van der Waals surface area contributed by atoms with E-state index in [9.17, 15) is 0 Å². The molecule has 4 heteroatoms. The van der Waals surface area contributed by atoms with Gasteiger partial charge < -0.3 is 14.7 Å². The second-order valence-corrected chi connectivity index (χ2v) is 8.34. The van der Waals surface area contributed by atoms with Crippen LogP contribution in [0.25, 0.3) is 0 Å². The van der Waals surface area contributed by atoms with Crippen molar-refractivity contribution in [1.82, 2.24) is 9.97 Å².